The number of likely N-dealkylation sites (N-methyl/N-ethyl adjacent to an activating group) is 1. The van der Waals surface area contributed by atoms with Crippen molar-refractivity contribution >= 4 is 28.8 Å². The van der Waals surface area contributed by atoms with E-state index < -0.39 is 6.04 Å². The standard InChI is InChI=1S/C20H27N5O4/c1-3-23-14-7-4-5-8-15(14)25(20(23)29)12-10-17(26)22-13-18(27)24-11-6-9-16(24)19(28)21-2/h4-5,7-8,16H,3,6,9-13H2,1-2H3,(H,21,28)(H,22,26). The molecule has 1 aliphatic heterocycles. The van der Waals surface area contributed by atoms with Gasteiger partial charge in [0, 0.05) is 33.1 Å². The molecular weight excluding hydrogens is 374 g/mol. The molecule has 1 saturated heterocycles. The molecule has 3 rings (SSSR count). The molecule has 2 N–H and O–H groups in total. The zero-order valence-corrected chi connectivity index (χ0v) is 16.8. The van der Waals surface area contributed by atoms with Gasteiger partial charge in [-0.2, -0.15) is 0 Å². The predicted octanol–water partition coefficient (Wildman–Crippen LogP) is 0.0662. The van der Waals surface area contributed by atoms with Crippen molar-refractivity contribution in [3.8, 4) is 0 Å². The molecule has 0 spiro atoms. The van der Waals surface area contributed by atoms with Crippen molar-refractivity contribution in [3.63, 3.8) is 0 Å². The number of likely N-dealkylation sites (tertiary alicyclic amines) is 1. The number of benzene rings is 1. The maximum atomic E-state index is 12.6. The normalized spacial score (nSPS) is 16.2. The Morgan fingerprint density at radius 1 is 1.14 bits per heavy atom. The molecule has 156 valence electrons. The van der Waals surface area contributed by atoms with Crippen LogP contribution in [0, 0.1) is 0 Å². The first kappa shape index (κ1) is 20.6. The summed E-state index contributed by atoms with van der Waals surface area (Å²) in [5.41, 5.74) is 1.47. The summed E-state index contributed by atoms with van der Waals surface area (Å²) in [6, 6.07) is 7.00. The molecule has 3 amide bonds. The molecule has 1 aromatic heterocycles. The number of hydrogen-bond donors (Lipinski definition) is 2. The summed E-state index contributed by atoms with van der Waals surface area (Å²) in [7, 11) is 1.54. The van der Waals surface area contributed by atoms with Gasteiger partial charge in [0.2, 0.25) is 17.7 Å². The van der Waals surface area contributed by atoms with Crippen LogP contribution in [0.1, 0.15) is 26.2 Å². The second-order valence-corrected chi connectivity index (χ2v) is 7.05. The average Bonchev–Trinajstić information content (AvgIpc) is 3.32. The second kappa shape index (κ2) is 8.93. The van der Waals surface area contributed by atoms with E-state index in [4.69, 9.17) is 0 Å². The first-order chi connectivity index (χ1) is 14.0. The summed E-state index contributed by atoms with van der Waals surface area (Å²) >= 11 is 0. The van der Waals surface area contributed by atoms with Crippen LogP contribution in [0.25, 0.3) is 11.0 Å². The highest BCUT2D eigenvalue weighted by Gasteiger charge is 2.33. The zero-order chi connectivity index (χ0) is 21.0. The number of fused-ring (bicyclic) bond motifs is 1. The van der Waals surface area contributed by atoms with Crippen LogP contribution < -0.4 is 16.3 Å². The van der Waals surface area contributed by atoms with Gasteiger partial charge in [0.25, 0.3) is 0 Å². The van der Waals surface area contributed by atoms with E-state index >= 15 is 0 Å². The van der Waals surface area contributed by atoms with Crippen LogP contribution in [0.4, 0.5) is 0 Å². The summed E-state index contributed by atoms with van der Waals surface area (Å²) in [5.74, 6) is -0.771. The third kappa shape index (κ3) is 4.18. The van der Waals surface area contributed by atoms with Crippen LogP contribution in [-0.2, 0) is 27.5 Å². The van der Waals surface area contributed by atoms with Gasteiger partial charge in [-0.1, -0.05) is 12.1 Å². The van der Waals surface area contributed by atoms with E-state index in [-0.39, 0.29) is 42.9 Å². The van der Waals surface area contributed by atoms with E-state index in [0.717, 1.165) is 17.5 Å². The number of nitrogens with one attached hydrogen (secondary N) is 2. The lowest BCUT2D eigenvalue weighted by atomic mass is 10.2. The number of aryl methyl sites for hydroxylation is 2. The summed E-state index contributed by atoms with van der Waals surface area (Å²) in [5, 5.41) is 5.18. The van der Waals surface area contributed by atoms with Gasteiger partial charge in [-0.05, 0) is 31.9 Å². The topological polar surface area (TPSA) is 105 Å². The highest BCUT2D eigenvalue weighted by molar-refractivity contribution is 5.90. The average molecular weight is 401 g/mol. The Bertz CT molecular complexity index is 977. The number of carbonyl (C=O) groups is 3. The Balaban J connectivity index is 1.58. The molecule has 0 saturated carbocycles. The van der Waals surface area contributed by atoms with Gasteiger partial charge in [-0.15, -0.1) is 0 Å². The van der Waals surface area contributed by atoms with Gasteiger partial charge < -0.3 is 15.5 Å². The van der Waals surface area contributed by atoms with Gasteiger partial charge in [-0.3, -0.25) is 23.5 Å². The van der Waals surface area contributed by atoms with Gasteiger partial charge in [0.05, 0.1) is 17.6 Å². The summed E-state index contributed by atoms with van der Waals surface area (Å²) in [4.78, 5) is 50.6. The number of para-hydroxylation sites is 2. The second-order valence-electron chi connectivity index (χ2n) is 7.05. The first-order valence-corrected chi connectivity index (χ1v) is 9.93. The van der Waals surface area contributed by atoms with Crippen LogP contribution in [0.15, 0.2) is 29.1 Å². The van der Waals surface area contributed by atoms with Crippen molar-refractivity contribution in [2.75, 3.05) is 20.1 Å². The molecule has 9 nitrogen and oxygen atoms in total. The molecule has 0 bridgehead atoms. The molecule has 0 aliphatic carbocycles. The third-order valence-electron chi connectivity index (χ3n) is 5.36. The van der Waals surface area contributed by atoms with E-state index in [0.29, 0.717) is 19.5 Å². The van der Waals surface area contributed by atoms with Crippen LogP contribution >= 0.6 is 0 Å². The minimum atomic E-state index is -0.469. The Hall–Kier alpha value is -3.10. The Morgan fingerprint density at radius 2 is 1.83 bits per heavy atom. The first-order valence-electron chi connectivity index (χ1n) is 9.93. The fourth-order valence-electron chi connectivity index (χ4n) is 3.88. The van der Waals surface area contributed by atoms with Crippen molar-refractivity contribution < 1.29 is 14.4 Å². The van der Waals surface area contributed by atoms with Crippen LogP contribution in [-0.4, -0.2) is 57.9 Å². The number of carbonyl (C=O) groups excluding carboxylic acids is 3. The quantitative estimate of drug-likeness (QED) is 0.685. The van der Waals surface area contributed by atoms with E-state index in [1.54, 1.807) is 16.2 Å². The number of aromatic nitrogens is 2. The molecule has 1 aliphatic rings. The van der Waals surface area contributed by atoms with Crippen LogP contribution in [0.5, 0.6) is 0 Å². The number of rotatable bonds is 7. The molecule has 1 unspecified atom stereocenters. The molecule has 29 heavy (non-hydrogen) atoms. The lowest BCUT2D eigenvalue weighted by molar-refractivity contribution is -0.138. The molecule has 9 heteroatoms. The SMILES string of the molecule is CCn1c(=O)n(CCC(=O)NCC(=O)N2CCCC2C(=O)NC)c2ccccc21. The van der Waals surface area contributed by atoms with E-state index in [2.05, 4.69) is 10.6 Å². The predicted molar refractivity (Wildman–Crippen MR) is 108 cm³/mol. The Morgan fingerprint density at radius 3 is 2.48 bits per heavy atom. The number of hydrogen-bond acceptors (Lipinski definition) is 4. The largest absolute Gasteiger partial charge is 0.357 e. The monoisotopic (exact) mass is 401 g/mol. The molecule has 1 atom stereocenters. The Kier molecular flexibility index (Phi) is 6.36. The smallest absolute Gasteiger partial charge is 0.329 e. The van der Waals surface area contributed by atoms with Crippen LogP contribution in [0.2, 0.25) is 0 Å². The van der Waals surface area contributed by atoms with Gasteiger partial charge >= 0.3 is 5.69 Å². The van der Waals surface area contributed by atoms with Crippen molar-refractivity contribution in [2.24, 2.45) is 0 Å². The van der Waals surface area contributed by atoms with Crippen molar-refractivity contribution in [1.29, 1.82) is 0 Å². The fourth-order valence-corrected chi connectivity index (χ4v) is 3.88. The van der Waals surface area contributed by atoms with Crippen molar-refractivity contribution in [2.45, 2.75) is 45.3 Å². The minimum Gasteiger partial charge on any atom is -0.357 e. The lowest BCUT2D eigenvalue weighted by Crippen LogP contribution is -2.48. The molecule has 1 fully saturated rings. The van der Waals surface area contributed by atoms with Crippen molar-refractivity contribution in [3.05, 3.63) is 34.7 Å². The fraction of sp³-hybridized carbons (Fsp3) is 0.500. The number of imidazole rings is 1. The van der Waals surface area contributed by atoms with E-state index in [9.17, 15) is 19.2 Å². The lowest BCUT2D eigenvalue weighted by Gasteiger charge is -2.23. The molecule has 1 aromatic carbocycles. The highest BCUT2D eigenvalue weighted by Crippen LogP contribution is 2.17. The van der Waals surface area contributed by atoms with Crippen molar-refractivity contribution in [1.82, 2.24) is 24.7 Å². The number of amides is 3. The molecule has 2 aromatic rings. The molecule has 2 heterocycles. The van der Waals surface area contributed by atoms with Gasteiger partial charge in [0.1, 0.15) is 6.04 Å². The zero-order valence-electron chi connectivity index (χ0n) is 16.8. The van der Waals surface area contributed by atoms with E-state index in [1.165, 1.54) is 4.90 Å². The third-order valence-corrected chi connectivity index (χ3v) is 5.36. The maximum Gasteiger partial charge on any atom is 0.329 e. The molecular formula is C20H27N5O4. The van der Waals surface area contributed by atoms with Gasteiger partial charge in [0.15, 0.2) is 0 Å². The Labute approximate surface area is 168 Å². The minimum absolute atomic E-state index is 0.0871. The van der Waals surface area contributed by atoms with Crippen LogP contribution in [0.3, 0.4) is 0 Å². The molecule has 0 radical (unpaired) electrons. The summed E-state index contributed by atoms with van der Waals surface area (Å²) in [6.07, 6.45) is 1.48. The summed E-state index contributed by atoms with van der Waals surface area (Å²) < 4.78 is 3.26. The maximum absolute atomic E-state index is 12.6. The van der Waals surface area contributed by atoms with E-state index in [1.807, 2.05) is 31.2 Å². The van der Waals surface area contributed by atoms with Gasteiger partial charge in [-0.25, -0.2) is 4.79 Å². The highest BCUT2D eigenvalue weighted by atomic mass is 16.2. The summed E-state index contributed by atoms with van der Waals surface area (Å²) in [6.45, 7) is 3.05. The number of nitrogens with zero attached hydrogens (tertiary/aromatic N) is 3.